The molecule has 13 nitrogen and oxygen atoms in total. The highest BCUT2D eigenvalue weighted by atomic mass is 16.5. The first-order valence-electron chi connectivity index (χ1n) is 26.5. The molecule has 0 saturated heterocycles. The van der Waals surface area contributed by atoms with Gasteiger partial charge in [-0.15, -0.1) is 6.42 Å². The van der Waals surface area contributed by atoms with Crippen LogP contribution in [0.2, 0.25) is 0 Å². The molecule has 0 aromatic heterocycles. The van der Waals surface area contributed by atoms with E-state index < -0.39 is 51.8 Å². The first-order chi connectivity index (χ1) is 39.9. The number of benzene rings is 8. The Morgan fingerprint density at radius 2 is 1.06 bits per heavy atom. The van der Waals surface area contributed by atoms with E-state index in [4.69, 9.17) is 11.2 Å². The second-order valence-electron chi connectivity index (χ2n) is 20.2. The summed E-state index contributed by atoms with van der Waals surface area (Å²) in [5.74, 6) is -7.06. The Labute approximate surface area is 479 Å². The number of carbonyl (C=O) groups is 1. The number of ether oxygens (including phenoxy) is 1. The molecule has 13 heteroatoms. The van der Waals surface area contributed by atoms with Crippen LogP contribution < -0.4 is 9.64 Å². The number of nitrogens with zero attached hydrogens (tertiary/aromatic N) is 1. The number of phenolic OH excluding ortho intramolecular Hbond substituents is 4. The first-order valence-corrected chi connectivity index (χ1v) is 26.5. The molecule has 0 amide bonds. The molecule has 10 N–H and O–H groups in total. The molecule has 0 bridgehead atoms. The van der Waals surface area contributed by atoms with Gasteiger partial charge in [-0.1, -0.05) is 121 Å². The van der Waals surface area contributed by atoms with Crippen molar-refractivity contribution >= 4 is 22.7 Å². The summed E-state index contributed by atoms with van der Waals surface area (Å²) < 4.78 is 5.77. The van der Waals surface area contributed by atoms with Crippen molar-refractivity contribution in [1.29, 1.82) is 0 Å². The third-order valence-corrected chi connectivity index (χ3v) is 15.0. The van der Waals surface area contributed by atoms with Gasteiger partial charge in [-0.3, -0.25) is 4.79 Å². The van der Waals surface area contributed by atoms with E-state index in [-0.39, 0.29) is 91.1 Å². The molecular formula is C70H57NO12. The summed E-state index contributed by atoms with van der Waals surface area (Å²) in [6.07, 6.45) is 12.6. The zero-order valence-corrected chi connectivity index (χ0v) is 45.6. The number of hydrogen-bond donors (Lipinski definition) is 10. The molecule has 1 heterocycles. The minimum atomic E-state index is -1.14. The summed E-state index contributed by atoms with van der Waals surface area (Å²) >= 11 is 0. The fourth-order valence-electron chi connectivity index (χ4n) is 10.7. The molecule has 0 atom stereocenters. The van der Waals surface area contributed by atoms with E-state index >= 15 is 0 Å². The number of phenols is 4. The third-order valence-electron chi connectivity index (χ3n) is 15.0. The number of allylic oxidation sites excluding steroid dienone is 8. The van der Waals surface area contributed by atoms with Crippen molar-refractivity contribution in [3.05, 3.63) is 249 Å². The minimum Gasteiger partial charge on any atom is -0.510 e. The van der Waals surface area contributed by atoms with Crippen LogP contribution >= 0.6 is 0 Å². The van der Waals surface area contributed by atoms with E-state index in [2.05, 4.69) is 6.08 Å². The number of Topliss-reactive ketones (excluding diaryl/α,β-unsaturated/α-hetero) is 1. The number of ketones is 1. The van der Waals surface area contributed by atoms with Gasteiger partial charge >= 0.3 is 0 Å². The van der Waals surface area contributed by atoms with Crippen LogP contribution in [0.1, 0.15) is 57.9 Å². The molecule has 0 unspecified atom stereocenters. The average Bonchev–Trinajstić information content (AvgIpc) is 3.13. The molecule has 1 aliphatic carbocycles. The lowest BCUT2D eigenvalue weighted by molar-refractivity contribution is 0.0966. The van der Waals surface area contributed by atoms with E-state index in [0.29, 0.717) is 16.7 Å². The predicted molar refractivity (Wildman–Crippen MR) is 323 cm³/mol. The second kappa shape index (κ2) is 22.6. The van der Waals surface area contributed by atoms with Crippen molar-refractivity contribution in [2.75, 3.05) is 4.90 Å². The van der Waals surface area contributed by atoms with Gasteiger partial charge in [0.15, 0.2) is 23.0 Å². The maximum atomic E-state index is 14.8. The lowest BCUT2D eigenvalue weighted by atomic mass is 9.89. The minimum absolute atomic E-state index is 0.0179. The van der Waals surface area contributed by atoms with Crippen LogP contribution in [0.4, 0.5) is 11.4 Å². The molecule has 414 valence electrons. The van der Waals surface area contributed by atoms with Gasteiger partial charge in [-0.05, 0) is 151 Å². The maximum Gasteiger partial charge on any atom is 0.231 e. The highest BCUT2D eigenvalue weighted by Gasteiger charge is 2.35. The topological polar surface area (TPSA) is 232 Å². The lowest BCUT2D eigenvalue weighted by Crippen LogP contribution is -2.24. The SMILES string of the molecule is C#C/C(O)=C(O)\C(O)=C1/Cc2c(O)c(C)c(-c3ccc(N(C(=C(/C)O)/C(O)=C(/O)C(=O)c4cc(C5=CCCC=C5)cc(-c5ccccc5)c4)c4c(C)c(O)c(-c5cc(-c6ccccc6)cc(-c6ccccc6)c5)c(O)c4C)cc3)c(O)c2O1. The average molecular weight is 1100 g/mol. The Hall–Kier alpha value is -11.0. The van der Waals surface area contributed by atoms with E-state index in [1.807, 2.05) is 133 Å². The fraction of sp³-hybridized carbons (Fsp3) is 0.100. The third kappa shape index (κ3) is 10.3. The van der Waals surface area contributed by atoms with Gasteiger partial charge in [0.2, 0.25) is 28.8 Å². The Bertz CT molecular complexity index is 4090. The number of anilines is 2. The molecule has 83 heavy (non-hydrogen) atoms. The van der Waals surface area contributed by atoms with Gasteiger partial charge in [0.05, 0.1) is 11.3 Å². The van der Waals surface area contributed by atoms with Crippen LogP contribution in [-0.2, 0) is 6.42 Å². The standard InChI is InChI=1S/C70H57NO12/c1-6-55(73)65(78)66(79)56-37-54-61(74)38(2)57(67(80)70(54)83-56)46-27-29-53(30-28-46)71(60(41(5)72)68(81)69(82)64(77)52-35-49(44-23-15-9-16-24-44)32-50(36-52)45-25-17-10-18-26-45)59-39(3)62(75)58(63(76)40(59)4)51-33-47(42-19-11-7-12-20-42)31-48(34-51)43-21-13-8-14-22-43/h1,7-9,11-17,19-36,72-76,78-82H,10,18,37H2,2-5H3/b60-41-,65-55-,66-56-,69-68-. The van der Waals surface area contributed by atoms with Crippen molar-refractivity contribution in [3.63, 3.8) is 0 Å². The predicted octanol–water partition coefficient (Wildman–Crippen LogP) is 16.3. The number of aliphatic hydroxyl groups is 6. The van der Waals surface area contributed by atoms with E-state index in [1.54, 1.807) is 26.0 Å². The maximum absolute atomic E-state index is 14.8. The van der Waals surface area contributed by atoms with Gasteiger partial charge in [0, 0.05) is 45.5 Å². The van der Waals surface area contributed by atoms with Crippen LogP contribution in [0.5, 0.6) is 28.7 Å². The summed E-state index contributed by atoms with van der Waals surface area (Å²) in [6, 6.07) is 45.6. The van der Waals surface area contributed by atoms with E-state index in [0.717, 1.165) is 46.2 Å². The largest absolute Gasteiger partial charge is 0.510 e. The number of fused-ring (bicyclic) bond motifs is 1. The second-order valence-corrected chi connectivity index (χ2v) is 20.2. The van der Waals surface area contributed by atoms with Gasteiger partial charge in [0.25, 0.3) is 0 Å². The van der Waals surface area contributed by atoms with Crippen LogP contribution in [-0.4, -0.2) is 56.8 Å². The van der Waals surface area contributed by atoms with E-state index in [1.165, 1.54) is 43.0 Å². The Morgan fingerprint density at radius 1 is 0.542 bits per heavy atom. The van der Waals surface area contributed by atoms with Gasteiger partial charge < -0.3 is 60.7 Å². The molecule has 2 aliphatic rings. The quantitative estimate of drug-likeness (QED) is 0.0129. The van der Waals surface area contributed by atoms with Crippen LogP contribution in [0.15, 0.2) is 216 Å². The van der Waals surface area contributed by atoms with Gasteiger partial charge in [-0.2, -0.15) is 0 Å². The van der Waals surface area contributed by atoms with Crippen LogP contribution in [0, 0.1) is 33.1 Å². The lowest BCUT2D eigenvalue weighted by Gasteiger charge is -2.32. The first kappa shape index (κ1) is 55.3. The Morgan fingerprint density at radius 3 is 1.58 bits per heavy atom. The van der Waals surface area contributed by atoms with E-state index in [9.17, 15) is 55.9 Å². The highest BCUT2D eigenvalue weighted by Crippen LogP contribution is 2.54. The number of aromatic hydroxyl groups is 4. The summed E-state index contributed by atoms with van der Waals surface area (Å²) in [5, 5.41) is 116. The summed E-state index contributed by atoms with van der Waals surface area (Å²) in [4.78, 5) is 16.1. The molecular weight excluding hydrogens is 1050 g/mol. The molecule has 8 aromatic carbocycles. The highest BCUT2D eigenvalue weighted by molar-refractivity contribution is 6.09. The number of rotatable bonds is 13. The number of aliphatic hydroxyl groups excluding tert-OH is 6. The molecule has 0 spiro atoms. The smallest absolute Gasteiger partial charge is 0.231 e. The zero-order valence-electron chi connectivity index (χ0n) is 45.6. The van der Waals surface area contributed by atoms with Gasteiger partial charge in [0.1, 0.15) is 28.7 Å². The van der Waals surface area contributed by atoms with Crippen molar-refractivity contribution < 1.29 is 60.6 Å². The zero-order chi connectivity index (χ0) is 59.0. The summed E-state index contributed by atoms with van der Waals surface area (Å²) in [5.41, 5.74) is 7.37. The molecule has 0 saturated carbocycles. The van der Waals surface area contributed by atoms with Crippen molar-refractivity contribution in [2.45, 2.75) is 47.0 Å². The molecule has 0 radical (unpaired) electrons. The normalized spacial score (nSPS) is 14.3. The monoisotopic (exact) mass is 1100 g/mol. The number of terminal acetylenes is 1. The van der Waals surface area contributed by atoms with Crippen LogP contribution in [0.3, 0.4) is 0 Å². The fourth-order valence-corrected chi connectivity index (χ4v) is 10.7. The molecule has 10 rings (SSSR count). The number of carbonyl (C=O) groups excluding carboxylic acids is 1. The Kier molecular flexibility index (Phi) is 15.1. The van der Waals surface area contributed by atoms with Crippen molar-refractivity contribution in [1.82, 2.24) is 0 Å². The summed E-state index contributed by atoms with van der Waals surface area (Å²) in [6.45, 7) is 5.94. The molecule has 1 aliphatic heterocycles. The van der Waals surface area contributed by atoms with Crippen LogP contribution in [0.25, 0.3) is 61.2 Å². The number of hydrogen-bond acceptors (Lipinski definition) is 13. The molecule has 8 aromatic rings. The van der Waals surface area contributed by atoms with Crippen molar-refractivity contribution in [2.24, 2.45) is 0 Å². The van der Waals surface area contributed by atoms with Crippen molar-refractivity contribution in [3.8, 4) is 96.7 Å². The Balaban J connectivity index is 1.16. The van der Waals surface area contributed by atoms with Gasteiger partial charge in [-0.25, -0.2) is 0 Å². The molecule has 0 fully saturated rings. The summed E-state index contributed by atoms with van der Waals surface area (Å²) in [7, 11) is 0.